The standard InChI is InChI=1S/C28H23N5O2S/c1-19(33-17-9-16-29-33)26(34)30-22-14-8-15-23(18-22)31-27(35)25-24(20-10-4-2-5-11-20)32-28(36-25)21-12-6-3-7-13-21/h2-19H,1H3,(H,30,34)(H,31,35). The van der Waals surface area contributed by atoms with Crippen LogP contribution in [0.5, 0.6) is 0 Å². The van der Waals surface area contributed by atoms with Gasteiger partial charge in [-0.3, -0.25) is 14.3 Å². The average Bonchev–Trinajstić information content (AvgIpc) is 3.60. The molecule has 1 atom stereocenters. The molecule has 178 valence electrons. The van der Waals surface area contributed by atoms with E-state index >= 15 is 0 Å². The number of nitrogens with zero attached hydrogens (tertiary/aromatic N) is 3. The molecule has 2 amide bonds. The second-order valence-corrected chi connectivity index (χ2v) is 9.11. The maximum absolute atomic E-state index is 13.4. The molecule has 3 aromatic carbocycles. The van der Waals surface area contributed by atoms with Crippen LogP contribution in [0, 0.1) is 0 Å². The van der Waals surface area contributed by atoms with Gasteiger partial charge in [0.05, 0.1) is 5.69 Å². The Hall–Kier alpha value is -4.56. The van der Waals surface area contributed by atoms with E-state index < -0.39 is 6.04 Å². The van der Waals surface area contributed by atoms with Crippen LogP contribution in [0.4, 0.5) is 11.4 Å². The zero-order valence-electron chi connectivity index (χ0n) is 19.5. The Morgan fingerprint density at radius 1 is 0.833 bits per heavy atom. The molecule has 7 nitrogen and oxygen atoms in total. The van der Waals surface area contributed by atoms with Crippen LogP contribution in [0.25, 0.3) is 21.8 Å². The van der Waals surface area contributed by atoms with Crippen LogP contribution in [0.15, 0.2) is 103 Å². The van der Waals surface area contributed by atoms with Gasteiger partial charge in [0, 0.05) is 34.9 Å². The summed E-state index contributed by atoms with van der Waals surface area (Å²) in [6.45, 7) is 1.77. The average molecular weight is 494 g/mol. The second kappa shape index (κ2) is 10.4. The molecule has 2 heterocycles. The first-order chi connectivity index (χ1) is 17.6. The first-order valence-electron chi connectivity index (χ1n) is 11.4. The van der Waals surface area contributed by atoms with Gasteiger partial charge in [-0.2, -0.15) is 5.10 Å². The Bertz CT molecular complexity index is 1480. The molecular formula is C28H23N5O2S. The lowest BCUT2D eigenvalue weighted by atomic mass is 10.1. The lowest BCUT2D eigenvalue weighted by molar-refractivity contribution is -0.119. The van der Waals surface area contributed by atoms with Crippen LogP contribution in [-0.4, -0.2) is 26.6 Å². The molecule has 0 fully saturated rings. The number of thiazole rings is 1. The van der Waals surface area contributed by atoms with E-state index in [2.05, 4.69) is 15.7 Å². The first kappa shape index (κ1) is 23.2. The predicted molar refractivity (Wildman–Crippen MR) is 143 cm³/mol. The Morgan fingerprint density at radius 2 is 1.50 bits per heavy atom. The molecule has 8 heteroatoms. The van der Waals surface area contributed by atoms with Crippen LogP contribution in [0.3, 0.4) is 0 Å². The summed E-state index contributed by atoms with van der Waals surface area (Å²) in [5, 5.41) is 10.7. The number of amides is 2. The summed E-state index contributed by atoms with van der Waals surface area (Å²) in [6.07, 6.45) is 3.37. The summed E-state index contributed by atoms with van der Waals surface area (Å²) < 4.78 is 1.58. The fourth-order valence-corrected chi connectivity index (χ4v) is 4.70. The highest BCUT2D eigenvalue weighted by atomic mass is 32.1. The van der Waals surface area contributed by atoms with Crippen molar-refractivity contribution in [3.63, 3.8) is 0 Å². The van der Waals surface area contributed by atoms with E-state index in [1.807, 2.05) is 60.7 Å². The number of aromatic nitrogens is 3. The Balaban J connectivity index is 1.39. The molecule has 5 aromatic rings. The van der Waals surface area contributed by atoms with E-state index in [1.54, 1.807) is 54.3 Å². The van der Waals surface area contributed by atoms with Crippen LogP contribution in [-0.2, 0) is 4.79 Å². The molecule has 2 aromatic heterocycles. The second-order valence-electron chi connectivity index (χ2n) is 8.12. The van der Waals surface area contributed by atoms with Crippen molar-refractivity contribution >= 4 is 34.5 Å². The number of nitrogens with one attached hydrogen (secondary N) is 2. The highest BCUT2D eigenvalue weighted by molar-refractivity contribution is 7.17. The SMILES string of the molecule is CC(C(=O)Nc1cccc(NC(=O)c2sc(-c3ccccc3)nc2-c2ccccc2)c1)n1cccn1. The summed E-state index contributed by atoms with van der Waals surface area (Å²) in [7, 11) is 0. The summed E-state index contributed by atoms with van der Waals surface area (Å²) in [5.41, 5.74) is 3.60. The van der Waals surface area contributed by atoms with Gasteiger partial charge in [-0.05, 0) is 31.2 Å². The molecule has 0 radical (unpaired) electrons. The van der Waals surface area contributed by atoms with Crippen molar-refractivity contribution in [2.45, 2.75) is 13.0 Å². The van der Waals surface area contributed by atoms with Crippen molar-refractivity contribution in [1.82, 2.24) is 14.8 Å². The minimum absolute atomic E-state index is 0.205. The van der Waals surface area contributed by atoms with Gasteiger partial charge in [0.1, 0.15) is 15.9 Å². The Morgan fingerprint density at radius 3 is 2.17 bits per heavy atom. The molecule has 36 heavy (non-hydrogen) atoms. The molecule has 0 spiro atoms. The van der Waals surface area contributed by atoms with Gasteiger partial charge in [-0.1, -0.05) is 66.7 Å². The van der Waals surface area contributed by atoms with Crippen molar-refractivity contribution in [2.75, 3.05) is 10.6 Å². The minimum Gasteiger partial charge on any atom is -0.324 e. The number of rotatable bonds is 7. The van der Waals surface area contributed by atoms with E-state index in [0.717, 1.165) is 16.1 Å². The van der Waals surface area contributed by atoms with E-state index in [4.69, 9.17) is 4.98 Å². The van der Waals surface area contributed by atoms with E-state index in [1.165, 1.54) is 11.3 Å². The Labute approximate surface area is 212 Å². The normalized spacial score (nSPS) is 11.6. The summed E-state index contributed by atoms with van der Waals surface area (Å²) in [4.78, 5) is 31.4. The molecule has 5 rings (SSSR count). The van der Waals surface area contributed by atoms with E-state index in [0.29, 0.717) is 21.9 Å². The zero-order chi connectivity index (χ0) is 24.9. The highest BCUT2D eigenvalue weighted by Gasteiger charge is 2.21. The van der Waals surface area contributed by atoms with E-state index in [9.17, 15) is 9.59 Å². The van der Waals surface area contributed by atoms with Crippen molar-refractivity contribution in [2.24, 2.45) is 0 Å². The lowest BCUT2D eigenvalue weighted by Crippen LogP contribution is -2.24. The number of carbonyl (C=O) groups is 2. The molecule has 0 saturated carbocycles. The smallest absolute Gasteiger partial charge is 0.268 e. The quantitative estimate of drug-likeness (QED) is 0.286. The summed E-state index contributed by atoms with van der Waals surface area (Å²) >= 11 is 1.35. The Kier molecular flexibility index (Phi) is 6.68. The molecule has 2 N–H and O–H groups in total. The van der Waals surface area contributed by atoms with Crippen LogP contribution in [0.2, 0.25) is 0 Å². The highest BCUT2D eigenvalue weighted by Crippen LogP contribution is 2.34. The summed E-state index contributed by atoms with van der Waals surface area (Å²) in [6, 6.07) is 27.8. The lowest BCUT2D eigenvalue weighted by Gasteiger charge is -2.13. The molecule has 0 saturated heterocycles. The largest absolute Gasteiger partial charge is 0.324 e. The first-order valence-corrected chi connectivity index (χ1v) is 12.2. The van der Waals surface area contributed by atoms with Gasteiger partial charge in [0.15, 0.2) is 0 Å². The van der Waals surface area contributed by atoms with Gasteiger partial charge in [-0.25, -0.2) is 4.98 Å². The van der Waals surface area contributed by atoms with Crippen molar-refractivity contribution in [3.8, 4) is 21.8 Å². The van der Waals surface area contributed by atoms with Crippen LogP contribution < -0.4 is 10.6 Å². The third kappa shape index (κ3) is 5.08. The predicted octanol–water partition coefficient (Wildman–Crippen LogP) is 6.13. The maximum Gasteiger partial charge on any atom is 0.268 e. The third-order valence-corrected chi connectivity index (χ3v) is 6.69. The zero-order valence-corrected chi connectivity index (χ0v) is 20.3. The van der Waals surface area contributed by atoms with Crippen molar-refractivity contribution < 1.29 is 9.59 Å². The third-order valence-electron chi connectivity index (χ3n) is 5.59. The fourth-order valence-electron chi connectivity index (χ4n) is 3.71. The van der Waals surface area contributed by atoms with E-state index in [-0.39, 0.29) is 11.8 Å². The minimum atomic E-state index is -0.472. The molecule has 0 bridgehead atoms. The fraction of sp³-hybridized carbons (Fsp3) is 0.0714. The number of benzene rings is 3. The molecule has 0 aliphatic heterocycles. The monoisotopic (exact) mass is 493 g/mol. The number of carbonyl (C=O) groups excluding carboxylic acids is 2. The van der Waals surface area contributed by atoms with Crippen molar-refractivity contribution in [1.29, 1.82) is 0 Å². The van der Waals surface area contributed by atoms with Gasteiger partial charge >= 0.3 is 0 Å². The van der Waals surface area contributed by atoms with Gasteiger partial charge in [-0.15, -0.1) is 11.3 Å². The van der Waals surface area contributed by atoms with Gasteiger partial charge in [0.25, 0.3) is 5.91 Å². The molecule has 0 aliphatic carbocycles. The van der Waals surface area contributed by atoms with Crippen LogP contribution >= 0.6 is 11.3 Å². The molecule has 0 aliphatic rings. The molecule has 1 unspecified atom stereocenters. The van der Waals surface area contributed by atoms with Gasteiger partial charge in [0.2, 0.25) is 5.91 Å². The topological polar surface area (TPSA) is 88.9 Å². The number of anilines is 2. The van der Waals surface area contributed by atoms with Gasteiger partial charge < -0.3 is 10.6 Å². The maximum atomic E-state index is 13.4. The number of hydrogen-bond donors (Lipinski definition) is 2. The van der Waals surface area contributed by atoms with Crippen LogP contribution in [0.1, 0.15) is 22.6 Å². The number of hydrogen-bond acceptors (Lipinski definition) is 5. The molecular weight excluding hydrogens is 470 g/mol. The van der Waals surface area contributed by atoms with Crippen molar-refractivity contribution in [3.05, 3.63) is 108 Å². The summed E-state index contributed by atoms with van der Waals surface area (Å²) in [5.74, 6) is -0.467.